The smallest absolute Gasteiger partial charge is 0.0969 e. The number of nitriles is 2. The third-order valence-corrected chi connectivity index (χ3v) is 1.21. The molecule has 0 spiro atoms. The third kappa shape index (κ3) is 1.74. The van der Waals surface area contributed by atoms with Crippen LogP contribution in [0.4, 0.5) is 0 Å². The van der Waals surface area contributed by atoms with Crippen LogP contribution in [0.25, 0.3) is 0 Å². The molecule has 0 bridgehead atoms. The van der Waals surface area contributed by atoms with E-state index in [1.54, 1.807) is 30.3 Å². The van der Waals surface area contributed by atoms with Gasteiger partial charge in [0.2, 0.25) is 0 Å². The van der Waals surface area contributed by atoms with Crippen LogP contribution in [0.3, 0.4) is 0 Å². The lowest BCUT2D eigenvalue weighted by Crippen LogP contribution is -1.78. The van der Waals surface area contributed by atoms with Crippen molar-refractivity contribution >= 4 is 0 Å². The van der Waals surface area contributed by atoms with Crippen LogP contribution < -0.4 is 0 Å². The highest BCUT2D eigenvalue weighted by Gasteiger charge is 1.82. The van der Waals surface area contributed by atoms with Crippen LogP contribution in [-0.4, -0.2) is 0 Å². The highest BCUT2D eigenvalue weighted by molar-refractivity contribution is 5.36. The Morgan fingerprint density at radius 1 is 1.09 bits per heavy atom. The SMILES string of the molecule is N#C[C-]c1ccc(C#N)cc1. The van der Waals surface area contributed by atoms with Crippen molar-refractivity contribution in [2.24, 2.45) is 0 Å². The molecule has 1 aromatic carbocycles. The van der Waals surface area contributed by atoms with E-state index in [0.717, 1.165) is 0 Å². The molecule has 51 valence electrons. The van der Waals surface area contributed by atoms with Crippen molar-refractivity contribution in [2.75, 3.05) is 0 Å². The van der Waals surface area contributed by atoms with Crippen LogP contribution in [0.2, 0.25) is 0 Å². The quantitative estimate of drug-likeness (QED) is 0.555. The molecule has 0 saturated heterocycles. The summed E-state index contributed by atoms with van der Waals surface area (Å²) >= 11 is 0. The standard InChI is InChI=1S/C9H4N2/c10-6-5-8-1-3-9(7-11)4-2-8/h1-4H/q-1. The average Bonchev–Trinajstić information content (AvgIpc) is 2.07. The van der Waals surface area contributed by atoms with E-state index in [1.165, 1.54) is 0 Å². The average molecular weight is 140 g/mol. The molecule has 0 unspecified atom stereocenters. The highest BCUT2D eigenvalue weighted by atomic mass is 14.2. The molecule has 1 aromatic rings. The topological polar surface area (TPSA) is 47.6 Å². The van der Waals surface area contributed by atoms with Gasteiger partial charge in [0.1, 0.15) is 0 Å². The Morgan fingerprint density at radius 2 is 1.73 bits per heavy atom. The van der Waals surface area contributed by atoms with E-state index in [4.69, 9.17) is 10.5 Å². The Bertz CT molecular complexity index is 311. The zero-order valence-corrected chi connectivity index (χ0v) is 5.70. The minimum absolute atomic E-state index is 0.591. The minimum Gasteiger partial charge on any atom is -0.209 e. The molecule has 0 aliphatic rings. The second-order valence-corrected chi connectivity index (χ2v) is 1.93. The second-order valence-electron chi connectivity index (χ2n) is 1.93. The molecule has 2 nitrogen and oxygen atoms in total. The maximum atomic E-state index is 8.42. The third-order valence-electron chi connectivity index (χ3n) is 1.21. The first kappa shape index (κ1) is 7.18. The summed E-state index contributed by atoms with van der Waals surface area (Å²) < 4.78 is 0. The number of hydrogen-bond donors (Lipinski definition) is 0. The van der Waals surface area contributed by atoms with E-state index in [9.17, 15) is 0 Å². The Morgan fingerprint density at radius 3 is 2.18 bits per heavy atom. The highest BCUT2D eigenvalue weighted by Crippen LogP contribution is 2.04. The van der Waals surface area contributed by atoms with Gasteiger partial charge in [-0.15, -0.1) is 12.1 Å². The number of rotatable bonds is 1. The Balaban J connectivity index is 2.87. The van der Waals surface area contributed by atoms with E-state index in [2.05, 4.69) is 6.42 Å². The molecular formula is C9H4N2-. The van der Waals surface area contributed by atoms with Gasteiger partial charge in [-0.25, -0.2) is 5.26 Å². The minimum atomic E-state index is 0.591. The van der Waals surface area contributed by atoms with Crippen LogP contribution in [0.5, 0.6) is 0 Å². The van der Waals surface area contributed by atoms with Crippen LogP contribution in [0, 0.1) is 29.1 Å². The van der Waals surface area contributed by atoms with Crippen molar-refractivity contribution < 1.29 is 0 Å². The maximum absolute atomic E-state index is 8.42. The van der Waals surface area contributed by atoms with Crippen molar-refractivity contribution in [1.82, 2.24) is 0 Å². The first-order valence-electron chi connectivity index (χ1n) is 3.02. The van der Waals surface area contributed by atoms with E-state index in [0.29, 0.717) is 11.1 Å². The lowest BCUT2D eigenvalue weighted by Gasteiger charge is -2.01. The van der Waals surface area contributed by atoms with Crippen molar-refractivity contribution in [3.63, 3.8) is 0 Å². The molecule has 1 rings (SSSR count). The fraction of sp³-hybridized carbons (Fsp3) is 0. The summed E-state index contributed by atoms with van der Waals surface area (Å²) in [5.74, 6) is 0. The van der Waals surface area contributed by atoms with Gasteiger partial charge in [0.15, 0.2) is 0 Å². The number of nitrogens with zero attached hydrogens (tertiary/aromatic N) is 2. The van der Waals surface area contributed by atoms with Gasteiger partial charge in [-0.2, -0.15) is 23.0 Å². The molecule has 11 heavy (non-hydrogen) atoms. The van der Waals surface area contributed by atoms with Gasteiger partial charge < -0.3 is 0 Å². The first-order chi connectivity index (χ1) is 5.36. The summed E-state index contributed by atoms with van der Waals surface area (Å²) in [7, 11) is 0. The fourth-order valence-corrected chi connectivity index (χ4v) is 0.693. The largest absolute Gasteiger partial charge is 0.209 e. The molecule has 0 amide bonds. The predicted molar refractivity (Wildman–Crippen MR) is 39.1 cm³/mol. The summed E-state index contributed by atoms with van der Waals surface area (Å²) in [4.78, 5) is 0. The monoisotopic (exact) mass is 140 g/mol. The summed E-state index contributed by atoms with van der Waals surface area (Å²) in [5, 5.41) is 16.6. The zero-order valence-electron chi connectivity index (χ0n) is 5.70. The van der Waals surface area contributed by atoms with Crippen LogP contribution >= 0.6 is 0 Å². The lowest BCUT2D eigenvalue weighted by molar-refractivity contribution is 1.43. The predicted octanol–water partition coefficient (Wildman–Crippen LogP) is 1.51. The van der Waals surface area contributed by atoms with Crippen LogP contribution in [-0.2, 0) is 0 Å². The maximum Gasteiger partial charge on any atom is 0.0969 e. The van der Waals surface area contributed by atoms with Crippen LogP contribution in [0.1, 0.15) is 11.1 Å². The second kappa shape index (κ2) is 3.29. The molecule has 0 fully saturated rings. The molecule has 0 heterocycles. The molecule has 1 radical (unpaired) electrons. The van der Waals surface area contributed by atoms with Crippen molar-refractivity contribution in [3.8, 4) is 12.1 Å². The van der Waals surface area contributed by atoms with Gasteiger partial charge >= 0.3 is 0 Å². The number of benzene rings is 1. The summed E-state index contributed by atoms with van der Waals surface area (Å²) in [6, 6.07) is 10.4. The van der Waals surface area contributed by atoms with Gasteiger partial charge in [0.25, 0.3) is 0 Å². The van der Waals surface area contributed by atoms with Crippen LogP contribution in [0.15, 0.2) is 24.3 Å². The first-order valence-corrected chi connectivity index (χ1v) is 3.02. The van der Waals surface area contributed by atoms with Gasteiger partial charge in [0.05, 0.1) is 6.07 Å². The van der Waals surface area contributed by atoms with E-state index >= 15 is 0 Å². The summed E-state index contributed by atoms with van der Waals surface area (Å²) in [6.45, 7) is 0. The van der Waals surface area contributed by atoms with Crippen molar-refractivity contribution in [3.05, 3.63) is 41.8 Å². The fourth-order valence-electron chi connectivity index (χ4n) is 0.693. The van der Waals surface area contributed by atoms with E-state index in [1.807, 2.05) is 6.07 Å². The zero-order chi connectivity index (χ0) is 8.10. The molecule has 0 aromatic heterocycles. The van der Waals surface area contributed by atoms with Gasteiger partial charge in [-0.3, -0.25) is 0 Å². The normalized spacial score (nSPS) is 7.82. The molecule has 2 heteroatoms. The number of hydrogen-bond acceptors (Lipinski definition) is 2. The molecule has 0 saturated carbocycles. The molecule has 0 aliphatic carbocycles. The molecule has 0 atom stereocenters. The van der Waals surface area contributed by atoms with Gasteiger partial charge in [-0.05, 0) is 0 Å². The summed E-state index contributed by atoms with van der Waals surface area (Å²) in [6.07, 6.45) is 2.45. The van der Waals surface area contributed by atoms with Crippen molar-refractivity contribution in [1.29, 1.82) is 10.5 Å². The molecule has 0 aliphatic heterocycles. The Hall–Kier alpha value is -1.93. The van der Waals surface area contributed by atoms with Gasteiger partial charge in [0, 0.05) is 11.6 Å². The van der Waals surface area contributed by atoms with Gasteiger partial charge in [-0.1, -0.05) is 6.42 Å². The van der Waals surface area contributed by atoms with E-state index in [-0.39, 0.29) is 0 Å². The van der Waals surface area contributed by atoms with Crippen molar-refractivity contribution in [2.45, 2.75) is 0 Å². The molecule has 0 N–H and O–H groups in total. The lowest BCUT2D eigenvalue weighted by atomic mass is 10.1. The summed E-state index contributed by atoms with van der Waals surface area (Å²) in [5.41, 5.74) is 1.29. The molecular weight excluding hydrogens is 136 g/mol. The Kier molecular flexibility index (Phi) is 2.15. The van der Waals surface area contributed by atoms with E-state index < -0.39 is 0 Å². The Labute approximate surface area is 65.3 Å².